The van der Waals surface area contributed by atoms with E-state index >= 15 is 0 Å². The van der Waals surface area contributed by atoms with Crippen LogP contribution in [0, 0.1) is 49.8 Å². The Bertz CT molecular complexity index is 1660. The zero-order chi connectivity index (χ0) is 32.5. The molecule has 0 spiro atoms. The van der Waals surface area contributed by atoms with Gasteiger partial charge in [-0.3, -0.25) is 25.7 Å². The Morgan fingerprint density at radius 2 is 1.82 bits per heavy atom. The number of nitro benzene ring substituents is 2. The summed E-state index contributed by atoms with van der Waals surface area (Å²) >= 11 is 6.08. The molecule has 44 heavy (non-hydrogen) atoms. The van der Waals surface area contributed by atoms with Gasteiger partial charge in [0.2, 0.25) is 0 Å². The molecule has 3 aliphatic carbocycles. The molecular weight excluding hydrogens is 600 g/mol. The molecular formula is C29H31ClN4O10. The predicted octanol–water partition coefficient (Wildman–Crippen LogP) is 4.60. The van der Waals surface area contributed by atoms with Gasteiger partial charge in [0.25, 0.3) is 5.69 Å². The number of hydrazone groups is 1. The Morgan fingerprint density at radius 1 is 1.14 bits per heavy atom. The van der Waals surface area contributed by atoms with Crippen LogP contribution in [0.15, 0.2) is 41.0 Å². The van der Waals surface area contributed by atoms with Gasteiger partial charge in [-0.25, -0.2) is 4.79 Å². The number of phenolic OH excluding ortho intramolecular Hbond substituents is 2. The number of halogens is 1. The number of anilines is 1. The van der Waals surface area contributed by atoms with E-state index in [-0.39, 0.29) is 39.7 Å². The standard InChI is InChI=1S/C29H31ClN4O10/c1-13-22(19(35)9-20(36)24(13)30)26(38)44-21-11-28(4)23-14(10-27(2,3)25(23)37)7-15(29(21,28)39)12-31-32-17-6-5-16(33(40)41)8-18(17)34(42)43/h5-9,12,14,21,23,25,32,35-37,39H,10-11H2,1-4H3/b31-12+/t14-,21-,23-,25-,28-,29+/m1/s1. The lowest BCUT2D eigenvalue weighted by atomic mass is 9.43. The second kappa shape index (κ2) is 10.4. The molecule has 0 bridgehead atoms. The first-order chi connectivity index (χ1) is 20.4. The van der Waals surface area contributed by atoms with Gasteiger partial charge in [-0.05, 0) is 42.7 Å². The second-order valence-corrected chi connectivity index (χ2v) is 12.9. The van der Waals surface area contributed by atoms with Crippen LogP contribution in [0.1, 0.15) is 49.5 Å². The molecule has 0 radical (unpaired) electrons. The summed E-state index contributed by atoms with van der Waals surface area (Å²) in [5.41, 5.74) is -2.02. The Balaban J connectivity index is 1.50. The first kappa shape index (κ1) is 31.2. The van der Waals surface area contributed by atoms with Gasteiger partial charge in [0.1, 0.15) is 34.5 Å². The van der Waals surface area contributed by atoms with Crippen LogP contribution in [0.4, 0.5) is 17.1 Å². The highest BCUT2D eigenvalue weighted by Crippen LogP contribution is 2.68. The van der Waals surface area contributed by atoms with Crippen LogP contribution in [0.5, 0.6) is 11.5 Å². The number of ether oxygens (including phenoxy) is 1. The first-order valence-electron chi connectivity index (χ1n) is 13.7. The predicted molar refractivity (Wildman–Crippen MR) is 158 cm³/mol. The average Bonchev–Trinajstić information content (AvgIpc) is 3.17. The molecule has 2 aromatic carbocycles. The third kappa shape index (κ3) is 4.55. The number of allylic oxidation sites excluding steroid dienone is 1. The summed E-state index contributed by atoms with van der Waals surface area (Å²) in [7, 11) is 0. The van der Waals surface area contributed by atoms with E-state index in [1.807, 2.05) is 13.8 Å². The van der Waals surface area contributed by atoms with Crippen LogP contribution in [0.25, 0.3) is 0 Å². The van der Waals surface area contributed by atoms with E-state index in [9.17, 15) is 45.4 Å². The van der Waals surface area contributed by atoms with Crippen molar-refractivity contribution < 1.29 is 39.8 Å². The monoisotopic (exact) mass is 630 g/mol. The number of fused-ring (bicyclic) bond motifs is 3. The zero-order valence-corrected chi connectivity index (χ0v) is 24.9. The highest BCUT2D eigenvalue weighted by atomic mass is 35.5. The summed E-state index contributed by atoms with van der Waals surface area (Å²) in [6, 6.07) is 3.92. The lowest BCUT2D eigenvalue weighted by molar-refractivity contribution is -0.393. The molecule has 234 valence electrons. The molecule has 14 nitrogen and oxygen atoms in total. The minimum Gasteiger partial charge on any atom is -0.507 e. The molecule has 0 unspecified atom stereocenters. The van der Waals surface area contributed by atoms with Crippen molar-refractivity contribution in [3.05, 3.63) is 72.3 Å². The Morgan fingerprint density at radius 3 is 2.45 bits per heavy atom. The number of nitrogens with one attached hydrogen (secondary N) is 1. The number of benzene rings is 2. The van der Waals surface area contributed by atoms with Gasteiger partial charge >= 0.3 is 11.7 Å². The minimum absolute atomic E-state index is 0.0751. The topological polar surface area (TPSA) is 218 Å². The van der Waals surface area contributed by atoms with Crippen molar-refractivity contribution in [2.75, 3.05) is 5.43 Å². The van der Waals surface area contributed by atoms with Crippen molar-refractivity contribution in [1.29, 1.82) is 0 Å². The molecule has 0 heterocycles. The molecule has 0 amide bonds. The molecule has 2 saturated carbocycles. The van der Waals surface area contributed by atoms with Gasteiger partial charge < -0.3 is 25.2 Å². The fraction of sp³-hybridized carbons (Fsp3) is 0.448. The number of hydrogen-bond acceptors (Lipinski definition) is 12. The number of carbonyl (C=O) groups excluding carboxylic acids is 1. The van der Waals surface area contributed by atoms with Crippen LogP contribution < -0.4 is 5.43 Å². The number of aromatic hydroxyl groups is 2. The number of aliphatic hydroxyl groups excluding tert-OH is 1. The van der Waals surface area contributed by atoms with Gasteiger partial charge in [-0.15, -0.1) is 0 Å². The number of nitrogens with zero attached hydrogens (tertiary/aromatic N) is 3. The molecule has 15 heteroatoms. The van der Waals surface area contributed by atoms with E-state index in [2.05, 4.69) is 10.5 Å². The number of non-ortho nitro benzene ring substituents is 1. The van der Waals surface area contributed by atoms with Gasteiger partial charge in [0.05, 0.1) is 33.3 Å². The van der Waals surface area contributed by atoms with Crippen molar-refractivity contribution >= 4 is 40.8 Å². The Kier molecular flexibility index (Phi) is 7.38. The van der Waals surface area contributed by atoms with E-state index < -0.39 is 73.2 Å². The molecule has 2 aromatic rings. The summed E-state index contributed by atoms with van der Waals surface area (Å²) in [6.45, 7) is 7.05. The number of carbonyl (C=O) groups is 1. The van der Waals surface area contributed by atoms with E-state index in [4.69, 9.17) is 16.3 Å². The molecule has 0 aromatic heterocycles. The highest BCUT2D eigenvalue weighted by Gasteiger charge is 2.74. The Labute approximate surface area is 255 Å². The first-order valence-corrected chi connectivity index (χ1v) is 14.1. The summed E-state index contributed by atoms with van der Waals surface area (Å²) in [6.07, 6.45) is 1.79. The molecule has 2 fully saturated rings. The van der Waals surface area contributed by atoms with Gasteiger partial charge in [0, 0.05) is 29.0 Å². The maximum atomic E-state index is 13.3. The van der Waals surface area contributed by atoms with Crippen molar-refractivity contribution in [2.24, 2.45) is 27.8 Å². The lowest BCUT2D eigenvalue weighted by Crippen LogP contribution is -2.74. The van der Waals surface area contributed by atoms with Gasteiger partial charge in [-0.1, -0.05) is 38.4 Å². The van der Waals surface area contributed by atoms with Crippen LogP contribution in [0.3, 0.4) is 0 Å². The van der Waals surface area contributed by atoms with Crippen LogP contribution in [0.2, 0.25) is 5.02 Å². The summed E-state index contributed by atoms with van der Waals surface area (Å²) < 4.78 is 5.74. The van der Waals surface area contributed by atoms with Gasteiger partial charge in [0.15, 0.2) is 0 Å². The number of phenols is 2. The normalized spacial score (nSPS) is 30.1. The van der Waals surface area contributed by atoms with E-state index in [1.54, 1.807) is 13.0 Å². The number of esters is 1. The smallest absolute Gasteiger partial charge is 0.342 e. The highest BCUT2D eigenvalue weighted by molar-refractivity contribution is 6.33. The van der Waals surface area contributed by atoms with Crippen molar-refractivity contribution in [1.82, 2.24) is 0 Å². The lowest BCUT2D eigenvalue weighted by Gasteiger charge is -2.65. The quantitative estimate of drug-likeness (QED) is 0.123. The average molecular weight is 631 g/mol. The molecule has 5 N–H and O–H groups in total. The van der Waals surface area contributed by atoms with Crippen LogP contribution in [-0.2, 0) is 4.74 Å². The summed E-state index contributed by atoms with van der Waals surface area (Å²) in [5.74, 6) is -2.57. The fourth-order valence-corrected chi connectivity index (χ4v) is 7.42. The molecule has 0 aliphatic heterocycles. The summed E-state index contributed by atoms with van der Waals surface area (Å²) in [4.78, 5) is 34.4. The summed E-state index contributed by atoms with van der Waals surface area (Å²) in [5, 5.41) is 70.5. The van der Waals surface area contributed by atoms with E-state index in [0.29, 0.717) is 6.42 Å². The SMILES string of the molecule is Cc1c(Cl)c(O)cc(O)c1C(=O)O[C@@H]1C[C@]2(C)[C@@H]3[C@H](C=C(/C=N/Nc4ccc([N+](=O)[O-])cc4[N+](=O)[O-])[C@]12O)CC(C)(C)[C@@H]3O. The van der Waals surface area contributed by atoms with E-state index in [0.717, 1.165) is 24.3 Å². The van der Waals surface area contributed by atoms with Crippen LogP contribution in [-0.4, -0.2) is 60.3 Å². The van der Waals surface area contributed by atoms with Gasteiger partial charge in [-0.2, -0.15) is 5.10 Å². The minimum atomic E-state index is -1.87. The fourth-order valence-electron chi connectivity index (χ4n) is 7.27. The Hall–Kier alpha value is -4.27. The number of rotatable bonds is 7. The third-order valence-electron chi connectivity index (χ3n) is 9.57. The number of aliphatic hydroxyl groups is 2. The van der Waals surface area contributed by atoms with E-state index in [1.165, 1.54) is 13.1 Å². The molecule has 3 aliphatic rings. The third-order valence-corrected chi connectivity index (χ3v) is 10.0. The van der Waals surface area contributed by atoms with Crippen LogP contribution >= 0.6 is 11.6 Å². The number of nitro groups is 2. The largest absolute Gasteiger partial charge is 0.507 e. The zero-order valence-electron chi connectivity index (χ0n) is 24.1. The second-order valence-electron chi connectivity index (χ2n) is 12.5. The van der Waals surface area contributed by atoms with Crippen molar-refractivity contribution in [3.63, 3.8) is 0 Å². The maximum Gasteiger partial charge on any atom is 0.342 e. The van der Waals surface area contributed by atoms with Crippen molar-refractivity contribution in [3.8, 4) is 11.5 Å². The number of hydrogen-bond donors (Lipinski definition) is 5. The molecule has 6 atom stereocenters. The maximum absolute atomic E-state index is 13.3. The van der Waals surface area contributed by atoms with Crippen molar-refractivity contribution in [2.45, 2.75) is 58.3 Å². The molecule has 0 saturated heterocycles. The molecule has 5 rings (SSSR count).